The molecule has 5 heteroatoms. The predicted octanol–water partition coefficient (Wildman–Crippen LogP) is 0.293. The highest BCUT2D eigenvalue weighted by atomic mass is 32.2. The van der Waals surface area contributed by atoms with Gasteiger partial charge in [-0.2, -0.15) is 0 Å². The molecule has 0 aliphatic carbocycles. The molecule has 0 saturated carbocycles. The van der Waals surface area contributed by atoms with Gasteiger partial charge in [-0.3, -0.25) is 0 Å². The van der Waals surface area contributed by atoms with Crippen LogP contribution in [0.5, 0.6) is 0 Å². The van der Waals surface area contributed by atoms with Crippen LogP contribution in [0.4, 0.5) is 0 Å². The molecular formula is C8H12O4S. The highest BCUT2D eigenvalue weighted by molar-refractivity contribution is 7.91. The molecule has 74 valence electrons. The number of carbonyl (C=O) groups is 1. The molecule has 0 amide bonds. The Hall–Kier alpha value is -0.840. The Bertz CT molecular complexity index is 328. The van der Waals surface area contributed by atoms with Crippen LogP contribution in [-0.4, -0.2) is 32.0 Å². The molecule has 0 bridgehead atoms. The quantitative estimate of drug-likeness (QED) is 0.479. The zero-order valence-corrected chi connectivity index (χ0v) is 8.26. The normalized spacial score (nSPS) is 25.5. The van der Waals surface area contributed by atoms with E-state index in [1.54, 1.807) is 0 Å². The van der Waals surface area contributed by atoms with Gasteiger partial charge in [0.15, 0.2) is 9.84 Å². The fraction of sp³-hybridized carbons (Fsp3) is 0.625. The summed E-state index contributed by atoms with van der Waals surface area (Å²) < 4.78 is 26.8. The minimum absolute atomic E-state index is 0.0496. The molecule has 1 fully saturated rings. The first-order chi connectivity index (χ1) is 5.91. The van der Waals surface area contributed by atoms with Gasteiger partial charge in [-0.1, -0.05) is 6.58 Å². The molecule has 1 rings (SSSR count). The van der Waals surface area contributed by atoms with E-state index in [0.29, 0.717) is 12.0 Å². The molecule has 0 N–H and O–H groups in total. The molecular weight excluding hydrogens is 192 g/mol. The van der Waals surface area contributed by atoms with Gasteiger partial charge in [0.05, 0.1) is 11.5 Å². The van der Waals surface area contributed by atoms with Gasteiger partial charge in [-0.25, -0.2) is 13.2 Å². The molecule has 4 nitrogen and oxygen atoms in total. The van der Waals surface area contributed by atoms with Gasteiger partial charge in [-0.15, -0.1) is 0 Å². The van der Waals surface area contributed by atoms with Gasteiger partial charge in [0.2, 0.25) is 0 Å². The molecule has 1 aliphatic heterocycles. The van der Waals surface area contributed by atoms with Gasteiger partial charge in [0, 0.05) is 5.57 Å². The standard InChI is InChI=1S/C8H12O4S/c1-6(2)8(9)12-7-3-4-13(10,11)5-7/h7H,1,3-5H2,2H3/t7-/m1/s1. The molecule has 1 heterocycles. The monoisotopic (exact) mass is 204 g/mol. The Labute approximate surface area is 77.5 Å². The van der Waals surface area contributed by atoms with Gasteiger partial charge >= 0.3 is 5.97 Å². The van der Waals surface area contributed by atoms with Crippen LogP contribution in [0.1, 0.15) is 13.3 Å². The number of hydrogen-bond donors (Lipinski definition) is 0. The van der Waals surface area contributed by atoms with Crippen LogP contribution in [0, 0.1) is 0 Å². The van der Waals surface area contributed by atoms with E-state index < -0.39 is 21.9 Å². The summed E-state index contributed by atoms with van der Waals surface area (Å²) in [5, 5.41) is 0. The second-order valence-corrected chi connectivity index (χ2v) is 5.44. The molecule has 1 saturated heterocycles. The van der Waals surface area contributed by atoms with Crippen molar-refractivity contribution in [3.63, 3.8) is 0 Å². The number of esters is 1. The summed E-state index contributed by atoms with van der Waals surface area (Å²) in [5.74, 6) is -0.449. The van der Waals surface area contributed by atoms with Gasteiger partial charge in [0.25, 0.3) is 0 Å². The van der Waals surface area contributed by atoms with E-state index in [0.717, 1.165) is 0 Å². The minimum Gasteiger partial charge on any atom is -0.458 e. The zero-order chi connectivity index (χ0) is 10.1. The number of ether oxygens (including phenoxy) is 1. The van der Waals surface area contributed by atoms with Gasteiger partial charge < -0.3 is 4.74 Å². The van der Waals surface area contributed by atoms with Crippen molar-refractivity contribution in [3.8, 4) is 0 Å². The minimum atomic E-state index is -2.97. The van der Waals surface area contributed by atoms with Crippen LogP contribution in [0.15, 0.2) is 12.2 Å². The number of rotatable bonds is 2. The highest BCUT2D eigenvalue weighted by Crippen LogP contribution is 2.15. The van der Waals surface area contributed by atoms with Crippen LogP contribution in [-0.2, 0) is 19.4 Å². The van der Waals surface area contributed by atoms with Crippen LogP contribution in [0.25, 0.3) is 0 Å². The SMILES string of the molecule is C=C(C)C(=O)O[C@@H]1CCS(=O)(=O)C1. The second kappa shape index (κ2) is 3.49. The van der Waals surface area contributed by atoms with E-state index in [9.17, 15) is 13.2 Å². The van der Waals surface area contributed by atoms with Crippen molar-refractivity contribution in [3.05, 3.63) is 12.2 Å². The van der Waals surface area contributed by atoms with Crippen LogP contribution in [0.3, 0.4) is 0 Å². The summed E-state index contributed by atoms with van der Waals surface area (Å²) in [4.78, 5) is 11.0. The largest absolute Gasteiger partial charge is 0.458 e. The van der Waals surface area contributed by atoms with Crippen molar-refractivity contribution in [2.45, 2.75) is 19.4 Å². The van der Waals surface area contributed by atoms with Gasteiger partial charge in [-0.05, 0) is 13.3 Å². The molecule has 0 aromatic rings. The van der Waals surface area contributed by atoms with Gasteiger partial charge in [0.1, 0.15) is 6.10 Å². The maximum Gasteiger partial charge on any atom is 0.333 e. The molecule has 0 radical (unpaired) electrons. The Morgan fingerprint density at radius 1 is 1.54 bits per heavy atom. The number of sulfone groups is 1. The lowest BCUT2D eigenvalue weighted by molar-refractivity contribution is -0.142. The van der Waals surface area contributed by atoms with Crippen molar-refractivity contribution < 1.29 is 17.9 Å². The van der Waals surface area contributed by atoms with E-state index in [4.69, 9.17) is 4.74 Å². The number of hydrogen-bond acceptors (Lipinski definition) is 4. The Balaban J connectivity index is 2.50. The molecule has 0 spiro atoms. The average molecular weight is 204 g/mol. The lowest BCUT2D eigenvalue weighted by Gasteiger charge is -2.09. The molecule has 0 aromatic heterocycles. The maximum absolute atomic E-state index is 11.0. The van der Waals surface area contributed by atoms with Crippen molar-refractivity contribution in [2.75, 3.05) is 11.5 Å². The fourth-order valence-electron chi connectivity index (χ4n) is 1.11. The second-order valence-electron chi connectivity index (χ2n) is 3.21. The fourth-order valence-corrected chi connectivity index (χ4v) is 2.70. The summed E-state index contributed by atoms with van der Waals surface area (Å²) >= 11 is 0. The summed E-state index contributed by atoms with van der Waals surface area (Å²) in [6.07, 6.45) is -0.0735. The van der Waals surface area contributed by atoms with E-state index in [1.165, 1.54) is 6.92 Å². The zero-order valence-electron chi connectivity index (χ0n) is 7.45. The lowest BCUT2D eigenvalue weighted by atomic mass is 10.3. The van der Waals surface area contributed by atoms with Crippen LogP contribution in [0.2, 0.25) is 0 Å². The number of carbonyl (C=O) groups excluding carboxylic acids is 1. The molecule has 13 heavy (non-hydrogen) atoms. The molecule has 0 aromatic carbocycles. The van der Waals surface area contributed by atoms with Crippen LogP contribution >= 0.6 is 0 Å². The molecule has 1 aliphatic rings. The first kappa shape index (κ1) is 10.2. The average Bonchev–Trinajstić information content (AvgIpc) is 2.30. The van der Waals surface area contributed by atoms with Crippen molar-refractivity contribution >= 4 is 15.8 Å². The van der Waals surface area contributed by atoms with E-state index in [-0.39, 0.29) is 11.5 Å². The first-order valence-electron chi connectivity index (χ1n) is 3.97. The van der Waals surface area contributed by atoms with Crippen LogP contribution < -0.4 is 0 Å². The Kier molecular flexibility index (Phi) is 2.75. The van der Waals surface area contributed by atoms with Crippen molar-refractivity contribution in [1.29, 1.82) is 0 Å². The van der Waals surface area contributed by atoms with Crippen molar-refractivity contribution in [1.82, 2.24) is 0 Å². The van der Waals surface area contributed by atoms with E-state index >= 15 is 0 Å². The lowest BCUT2D eigenvalue weighted by Crippen LogP contribution is -2.19. The van der Waals surface area contributed by atoms with Crippen molar-refractivity contribution in [2.24, 2.45) is 0 Å². The molecule has 1 atom stereocenters. The summed E-state index contributed by atoms with van der Waals surface area (Å²) in [6.45, 7) is 4.94. The summed E-state index contributed by atoms with van der Waals surface area (Å²) in [5.41, 5.74) is 0.296. The highest BCUT2D eigenvalue weighted by Gasteiger charge is 2.30. The Morgan fingerprint density at radius 3 is 2.54 bits per heavy atom. The van der Waals surface area contributed by atoms with E-state index in [2.05, 4.69) is 6.58 Å². The predicted molar refractivity (Wildman–Crippen MR) is 48.0 cm³/mol. The van der Waals surface area contributed by atoms with E-state index in [1.807, 2.05) is 0 Å². The third-order valence-corrected chi connectivity index (χ3v) is 3.55. The first-order valence-corrected chi connectivity index (χ1v) is 5.80. The topological polar surface area (TPSA) is 60.4 Å². The third kappa shape index (κ3) is 2.84. The Morgan fingerprint density at radius 2 is 2.15 bits per heavy atom. The maximum atomic E-state index is 11.0. The summed E-state index contributed by atoms with van der Waals surface area (Å²) in [7, 11) is -2.97. The summed E-state index contributed by atoms with van der Waals surface area (Å²) in [6, 6.07) is 0. The third-order valence-electron chi connectivity index (χ3n) is 1.81. The molecule has 0 unspecified atom stereocenters. The smallest absolute Gasteiger partial charge is 0.333 e.